The van der Waals surface area contributed by atoms with Crippen molar-refractivity contribution in [2.75, 3.05) is 6.54 Å². The minimum Gasteiger partial charge on any atom is -0.351 e. The second-order valence-electron chi connectivity index (χ2n) is 7.17. The van der Waals surface area contributed by atoms with Gasteiger partial charge in [0, 0.05) is 24.7 Å². The molecule has 1 aromatic rings. The molecule has 1 heterocycles. The fraction of sp³-hybridized carbons (Fsp3) is 0.706. The number of nitrogens with one attached hydrogen (secondary N) is 2. The highest BCUT2D eigenvalue weighted by Crippen LogP contribution is 2.21. The minimum absolute atomic E-state index is 0. The zero-order chi connectivity index (χ0) is 17.9. The Labute approximate surface area is 155 Å². The lowest BCUT2D eigenvalue weighted by atomic mass is 9.94. The average molecular weight is 372 g/mol. The summed E-state index contributed by atoms with van der Waals surface area (Å²) < 4.78 is 1.97. The lowest BCUT2D eigenvalue weighted by molar-refractivity contribution is -0.127. The van der Waals surface area contributed by atoms with Crippen molar-refractivity contribution in [2.24, 2.45) is 11.7 Å². The third kappa shape index (κ3) is 5.71. The van der Waals surface area contributed by atoms with Crippen molar-refractivity contribution in [1.29, 1.82) is 0 Å². The van der Waals surface area contributed by atoms with Gasteiger partial charge in [-0.3, -0.25) is 14.3 Å². The first kappa shape index (κ1) is 21.4. The number of aromatic nitrogens is 2. The lowest BCUT2D eigenvalue weighted by Gasteiger charge is -2.22. The quantitative estimate of drug-likeness (QED) is 0.693. The van der Waals surface area contributed by atoms with Crippen molar-refractivity contribution < 1.29 is 9.59 Å². The van der Waals surface area contributed by atoms with Crippen molar-refractivity contribution in [3.05, 3.63) is 17.5 Å². The van der Waals surface area contributed by atoms with Crippen molar-refractivity contribution in [3.63, 3.8) is 0 Å². The van der Waals surface area contributed by atoms with Gasteiger partial charge in [-0.25, -0.2) is 0 Å². The van der Waals surface area contributed by atoms with E-state index in [-0.39, 0.29) is 42.7 Å². The lowest BCUT2D eigenvalue weighted by Crippen LogP contribution is -2.49. The Bertz CT molecular complexity index is 600. The van der Waals surface area contributed by atoms with Crippen molar-refractivity contribution in [3.8, 4) is 0 Å². The van der Waals surface area contributed by atoms with Gasteiger partial charge in [0.25, 0.3) is 0 Å². The molecule has 1 aliphatic carbocycles. The Balaban J connectivity index is 0.00000312. The van der Waals surface area contributed by atoms with E-state index < -0.39 is 6.04 Å². The van der Waals surface area contributed by atoms with Crippen LogP contribution in [0.25, 0.3) is 0 Å². The Hall–Kier alpha value is -1.60. The van der Waals surface area contributed by atoms with E-state index in [4.69, 9.17) is 5.73 Å². The summed E-state index contributed by atoms with van der Waals surface area (Å²) >= 11 is 0. The second kappa shape index (κ2) is 9.20. The van der Waals surface area contributed by atoms with E-state index in [1.165, 1.54) is 5.56 Å². The molecule has 0 fully saturated rings. The number of nitrogens with zero attached hydrogens (tertiary/aromatic N) is 2. The maximum absolute atomic E-state index is 12.0. The molecule has 2 amide bonds. The molecule has 1 aromatic heterocycles. The van der Waals surface area contributed by atoms with Gasteiger partial charge in [0.1, 0.15) is 0 Å². The molecule has 8 heteroatoms. The molecule has 1 unspecified atom stereocenters. The molecule has 0 saturated heterocycles. The zero-order valence-corrected chi connectivity index (χ0v) is 16.2. The average Bonchev–Trinajstić information content (AvgIpc) is 2.95. The number of nitrogens with two attached hydrogens (primary N) is 1. The van der Waals surface area contributed by atoms with Crippen LogP contribution >= 0.6 is 12.4 Å². The van der Waals surface area contributed by atoms with Crippen LogP contribution in [-0.4, -0.2) is 40.2 Å². The summed E-state index contributed by atoms with van der Waals surface area (Å²) in [6.45, 7) is 7.91. The molecule has 0 bridgehead atoms. The fourth-order valence-corrected chi connectivity index (χ4v) is 2.77. The number of fused-ring (bicyclic) bond motifs is 1. The van der Waals surface area contributed by atoms with Gasteiger partial charge in [-0.2, -0.15) is 5.10 Å². The molecule has 0 aromatic carbocycles. The number of rotatable bonds is 6. The molecule has 4 N–H and O–H groups in total. The van der Waals surface area contributed by atoms with Gasteiger partial charge in [-0.15, -0.1) is 12.4 Å². The van der Waals surface area contributed by atoms with Gasteiger partial charge in [-0.1, -0.05) is 13.8 Å². The molecule has 0 radical (unpaired) electrons. The molecule has 2 rings (SSSR count). The molecule has 25 heavy (non-hydrogen) atoms. The van der Waals surface area contributed by atoms with E-state index in [1.807, 2.05) is 18.5 Å². The third-order valence-electron chi connectivity index (χ3n) is 4.44. The standard InChI is InChI=1S/C17H29N5O2.ClH/c1-10(2)16(18)17(24)19-8-15(23)20-13-6-5-12-9-22(11(3)4)21-14(12)7-13;/h9-11,13,16H,5-8,18H2,1-4H3,(H,19,24)(H,20,23);1H/t13?,16-;/m0./s1. The predicted octanol–water partition coefficient (Wildman–Crippen LogP) is 0.959. The van der Waals surface area contributed by atoms with Crippen LogP contribution in [0.3, 0.4) is 0 Å². The number of carbonyl (C=O) groups excluding carboxylic acids is 2. The Morgan fingerprint density at radius 3 is 2.64 bits per heavy atom. The minimum atomic E-state index is -0.588. The van der Waals surface area contributed by atoms with Crippen molar-refractivity contribution >= 4 is 24.2 Å². The summed E-state index contributed by atoms with van der Waals surface area (Å²) in [6, 6.07) is -0.185. The fourth-order valence-electron chi connectivity index (χ4n) is 2.77. The van der Waals surface area contributed by atoms with E-state index in [2.05, 4.69) is 35.8 Å². The van der Waals surface area contributed by atoms with Gasteiger partial charge in [0.15, 0.2) is 0 Å². The monoisotopic (exact) mass is 371 g/mol. The molecule has 7 nitrogen and oxygen atoms in total. The van der Waals surface area contributed by atoms with E-state index in [1.54, 1.807) is 0 Å². The van der Waals surface area contributed by atoms with Crippen LogP contribution in [0.2, 0.25) is 0 Å². The van der Waals surface area contributed by atoms with Gasteiger partial charge >= 0.3 is 0 Å². The second-order valence-corrected chi connectivity index (χ2v) is 7.17. The number of amides is 2. The van der Waals surface area contributed by atoms with Gasteiger partial charge in [-0.05, 0) is 38.2 Å². The summed E-state index contributed by atoms with van der Waals surface area (Å²) in [5.74, 6) is -0.432. The van der Waals surface area contributed by atoms with E-state index in [0.717, 1.165) is 25.0 Å². The van der Waals surface area contributed by atoms with Gasteiger partial charge in [0.2, 0.25) is 11.8 Å². The Kier molecular flexibility index (Phi) is 7.89. The summed E-state index contributed by atoms with van der Waals surface area (Å²) in [7, 11) is 0. The zero-order valence-electron chi connectivity index (χ0n) is 15.4. The molecular weight excluding hydrogens is 342 g/mol. The number of carbonyl (C=O) groups is 2. The van der Waals surface area contributed by atoms with Crippen molar-refractivity contribution in [1.82, 2.24) is 20.4 Å². The Morgan fingerprint density at radius 1 is 1.36 bits per heavy atom. The van der Waals surface area contributed by atoms with E-state index in [0.29, 0.717) is 6.04 Å². The molecule has 0 spiro atoms. The number of halogens is 1. The highest BCUT2D eigenvalue weighted by Gasteiger charge is 2.24. The predicted molar refractivity (Wildman–Crippen MR) is 99.6 cm³/mol. The number of hydrogen-bond donors (Lipinski definition) is 3. The molecule has 1 aliphatic rings. The van der Waals surface area contributed by atoms with Crippen LogP contribution in [0.5, 0.6) is 0 Å². The maximum Gasteiger partial charge on any atom is 0.239 e. The largest absolute Gasteiger partial charge is 0.351 e. The SMILES string of the molecule is CC(C)[C@H](N)C(=O)NCC(=O)NC1CCc2cn(C(C)C)nc2C1.Cl. The molecule has 142 valence electrons. The molecule has 0 saturated carbocycles. The number of hydrogen-bond acceptors (Lipinski definition) is 4. The van der Waals surface area contributed by atoms with Crippen LogP contribution < -0.4 is 16.4 Å². The van der Waals surface area contributed by atoms with Crippen LogP contribution in [0.4, 0.5) is 0 Å². The third-order valence-corrected chi connectivity index (χ3v) is 4.44. The topological polar surface area (TPSA) is 102 Å². The Morgan fingerprint density at radius 2 is 2.04 bits per heavy atom. The smallest absolute Gasteiger partial charge is 0.239 e. The van der Waals surface area contributed by atoms with Gasteiger partial charge in [0.05, 0.1) is 18.3 Å². The highest BCUT2D eigenvalue weighted by molar-refractivity contribution is 5.87. The van der Waals surface area contributed by atoms with Crippen LogP contribution in [0, 0.1) is 5.92 Å². The normalized spacial score (nSPS) is 17.6. The van der Waals surface area contributed by atoms with Crippen LogP contribution in [0.15, 0.2) is 6.20 Å². The molecule has 2 atom stereocenters. The van der Waals surface area contributed by atoms with Crippen molar-refractivity contribution in [2.45, 2.75) is 65.1 Å². The first-order valence-corrected chi connectivity index (χ1v) is 8.67. The first-order valence-electron chi connectivity index (χ1n) is 8.67. The molecule has 0 aliphatic heterocycles. The van der Waals surface area contributed by atoms with Crippen LogP contribution in [-0.2, 0) is 22.4 Å². The van der Waals surface area contributed by atoms with E-state index >= 15 is 0 Å². The number of aryl methyl sites for hydroxylation is 1. The summed E-state index contributed by atoms with van der Waals surface area (Å²) in [5.41, 5.74) is 8.09. The highest BCUT2D eigenvalue weighted by atomic mass is 35.5. The van der Waals surface area contributed by atoms with Crippen LogP contribution in [0.1, 0.15) is 51.4 Å². The van der Waals surface area contributed by atoms with E-state index in [9.17, 15) is 9.59 Å². The first-order chi connectivity index (χ1) is 11.3. The molecular formula is C17H30ClN5O2. The summed E-state index contributed by atoms with van der Waals surface area (Å²) in [6.07, 6.45) is 4.64. The summed E-state index contributed by atoms with van der Waals surface area (Å²) in [5, 5.41) is 10.2. The van der Waals surface area contributed by atoms with Gasteiger partial charge < -0.3 is 16.4 Å². The maximum atomic E-state index is 12.0. The summed E-state index contributed by atoms with van der Waals surface area (Å²) in [4.78, 5) is 23.8.